The fourth-order valence-electron chi connectivity index (χ4n) is 1.52. The van der Waals surface area contributed by atoms with Gasteiger partial charge in [0.15, 0.2) is 0 Å². The summed E-state index contributed by atoms with van der Waals surface area (Å²) in [5.74, 6) is -1.12. The van der Waals surface area contributed by atoms with Crippen molar-refractivity contribution in [2.45, 2.75) is 0 Å². The summed E-state index contributed by atoms with van der Waals surface area (Å²) in [4.78, 5) is 35.3. The normalized spacial score (nSPS) is 9.67. The largest absolute Gasteiger partial charge is 0.495 e. The van der Waals surface area contributed by atoms with Crippen molar-refractivity contribution < 1.29 is 24.2 Å². The van der Waals surface area contributed by atoms with Crippen LogP contribution in [0.3, 0.4) is 0 Å². The number of methoxy groups -OCH3 is 1. The number of carboxylic acid groups (broad SMARTS) is 1. The molecule has 0 saturated heterocycles. The van der Waals surface area contributed by atoms with E-state index in [1.807, 2.05) is 0 Å². The number of rotatable bonds is 5. The first-order chi connectivity index (χ1) is 9.88. The maximum Gasteiger partial charge on any atom is 0.335 e. The molecule has 0 radical (unpaired) electrons. The number of carbonyl (C=O) groups excluding carboxylic acids is 2. The first kappa shape index (κ1) is 16.3. The van der Waals surface area contributed by atoms with Crippen LogP contribution in [0, 0.1) is 0 Å². The number of likely N-dealkylation sites (N-methyl/N-ethyl adjacent to an activating group) is 2. The molecule has 114 valence electrons. The van der Waals surface area contributed by atoms with Crippen LogP contribution >= 0.6 is 0 Å². The Hall–Kier alpha value is -2.77. The highest BCUT2D eigenvalue weighted by Crippen LogP contribution is 2.25. The first-order valence-corrected chi connectivity index (χ1v) is 6.03. The summed E-state index contributed by atoms with van der Waals surface area (Å²) in [6, 6.07) is 3.54. The second kappa shape index (κ2) is 7.13. The molecule has 0 saturated carbocycles. The van der Waals surface area contributed by atoms with E-state index in [2.05, 4.69) is 10.6 Å². The number of benzene rings is 1. The zero-order chi connectivity index (χ0) is 16.0. The van der Waals surface area contributed by atoms with Gasteiger partial charge in [0, 0.05) is 14.1 Å². The van der Waals surface area contributed by atoms with Gasteiger partial charge in [0.2, 0.25) is 5.91 Å². The number of nitrogens with zero attached hydrogens (tertiary/aromatic N) is 1. The van der Waals surface area contributed by atoms with Gasteiger partial charge in [-0.15, -0.1) is 0 Å². The lowest BCUT2D eigenvalue weighted by Gasteiger charge is -2.18. The maximum atomic E-state index is 11.9. The molecule has 0 heterocycles. The highest BCUT2D eigenvalue weighted by atomic mass is 16.5. The smallest absolute Gasteiger partial charge is 0.335 e. The van der Waals surface area contributed by atoms with E-state index in [0.29, 0.717) is 5.75 Å². The monoisotopic (exact) mass is 295 g/mol. The van der Waals surface area contributed by atoms with Gasteiger partial charge < -0.3 is 25.4 Å². The van der Waals surface area contributed by atoms with E-state index < -0.39 is 12.0 Å². The Kier molecular flexibility index (Phi) is 5.53. The highest BCUT2D eigenvalue weighted by Gasteiger charge is 2.15. The molecule has 0 spiro atoms. The molecule has 21 heavy (non-hydrogen) atoms. The number of ether oxygens (including phenoxy) is 1. The van der Waals surface area contributed by atoms with E-state index in [1.54, 1.807) is 0 Å². The minimum Gasteiger partial charge on any atom is -0.495 e. The molecule has 0 atom stereocenters. The van der Waals surface area contributed by atoms with E-state index in [1.165, 1.54) is 39.4 Å². The summed E-state index contributed by atoms with van der Waals surface area (Å²) in [6.45, 7) is -0.122. The molecule has 0 aliphatic heterocycles. The van der Waals surface area contributed by atoms with Gasteiger partial charge in [-0.05, 0) is 18.2 Å². The van der Waals surface area contributed by atoms with Crippen molar-refractivity contribution in [3.05, 3.63) is 23.8 Å². The van der Waals surface area contributed by atoms with Crippen molar-refractivity contribution in [1.29, 1.82) is 0 Å². The Balaban J connectivity index is 2.90. The minimum absolute atomic E-state index is 0.0139. The zero-order valence-electron chi connectivity index (χ0n) is 12.0. The van der Waals surface area contributed by atoms with Gasteiger partial charge in [-0.3, -0.25) is 4.79 Å². The molecule has 0 unspecified atom stereocenters. The lowest BCUT2D eigenvalue weighted by atomic mass is 10.2. The predicted molar refractivity (Wildman–Crippen MR) is 75.7 cm³/mol. The van der Waals surface area contributed by atoms with Crippen LogP contribution in [0.4, 0.5) is 10.5 Å². The summed E-state index contributed by atoms with van der Waals surface area (Å²) < 4.78 is 5.06. The van der Waals surface area contributed by atoms with E-state index >= 15 is 0 Å². The lowest BCUT2D eigenvalue weighted by Crippen LogP contribution is -2.39. The van der Waals surface area contributed by atoms with Crippen LogP contribution in [-0.2, 0) is 4.79 Å². The number of anilines is 1. The molecule has 1 aromatic rings. The fourth-order valence-corrected chi connectivity index (χ4v) is 1.52. The second-order valence-corrected chi connectivity index (χ2v) is 4.18. The Morgan fingerprint density at radius 1 is 1.33 bits per heavy atom. The third-order valence-electron chi connectivity index (χ3n) is 2.69. The van der Waals surface area contributed by atoms with E-state index in [9.17, 15) is 14.4 Å². The van der Waals surface area contributed by atoms with E-state index in [4.69, 9.17) is 9.84 Å². The van der Waals surface area contributed by atoms with Crippen LogP contribution in [0.5, 0.6) is 5.75 Å². The molecular weight excluding hydrogens is 278 g/mol. The molecule has 1 aromatic carbocycles. The lowest BCUT2D eigenvalue weighted by molar-refractivity contribution is -0.120. The number of urea groups is 1. The topological polar surface area (TPSA) is 108 Å². The maximum absolute atomic E-state index is 11.9. The quantitative estimate of drug-likeness (QED) is 0.737. The van der Waals surface area contributed by atoms with Gasteiger partial charge in [0.05, 0.1) is 18.4 Å². The SMILES string of the molecule is CNC(=O)CN(C)C(=O)Nc1cc(C(=O)O)ccc1OC. The van der Waals surface area contributed by atoms with Gasteiger partial charge >= 0.3 is 12.0 Å². The number of nitrogens with one attached hydrogen (secondary N) is 2. The second-order valence-electron chi connectivity index (χ2n) is 4.18. The average molecular weight is 295 g/mol. The van der Waals surface area contributed by atoms with Crippen LogP contribution in [-0.4, -0.2) is 55.7 Å². The average Bonchev–Trinajstić information content (AvgIpc) is 2.46. The van der Waals surface area contributed by atoms with E-state index in [0.717, 1.165) is 4.90 Å². The number of hydrogen-bond donors (Lipinski definition) is 3. The Morgan fingerprint density at radius 3 is 2.52 bits per heavy atom. The molecule has 8 nitrogen and oxygen atoms in total. The van der Waals surface area contributed by atoms with Crippen LogP contribution < -0.4 is 15.4 Å². The first-order valence-electron chi connectivity index (χ1n) is 6.03. The van der Waals surface area contributed by atoms with Gasteiger partial charge in [0.1, 0.15) is 12.3 Å². The van der Waals surface area contributed by atoms with Gasteiger partial charge in [0.25, 0.3) is 0 Å². The molecule has 0 aliphatic rings. The Labute approximate surface area is 121 Å². The molecule has 0 bridgehead atoms. The van der Waals surface area contributed by atoms with Crippen LogP contribution in [0.2, 0.25) is 0 Å². The van der Waals surface area contributed by atoms with Crippen molar-refractivity contribution >= 4 is 23.6 Å². The zero-order valence-corrected chi connectivity index (χ0v) is 12.0. The summed E-state index contributed by atoms with van der Waals surface area (Å²) in [5, 5.41) is 13.9. The number of aromatic carboxylic acids is 1. The number of carboxylic acids is 1. The molecule has 0 fully saturated rings. The van der Waals surface area contributed by atoms with Crippen LogP contribution in [0.25, 0.3) is 0 Å². The Bertz CT molecular complexity index is 559. The van der Waals surface area contributed by atoms with Gasteiger partial charge in [-0.2, -0.15) is 0 Å². The molecule has 0 aromatic heterocycles. The molecule has 1 rings (SSSR count). The van der Waals surface area contributed by atoms with Crippen molar-refractivity contribution in [2.24, 2.45) is 0 Å². The molecule has 3 N–H and O–H groups in total. The third-order valence-corrected chi connectivity index (χ3v) is 2.69. The number of hydrogen-bond acceptors (Lipinski definition) is 4. The molecule has 3 amide bonds. The highest BCUT2D eigenvalue weighted by molar-refractivity contribution is 5.96. The van der Waals surface area contributed by atoms with Gasteiger partial charge in [-0.1, -0.05) is 0 Å². The summed E-state index contributed by atoms with van der Waals surface area (Å²) in [6.07, 6.45) is 0. The summed E-state index contributed by atoms with van der Waals surface area (Å²) >= 11 is 0. The molecular formula is C13H17N3O5. The van der Waals surface area contributed by atoms with Crippen LogP contribution in [0.15, 0.2) is 18.2 Å². The fraction of sp³-hybridized carbons (Fsp3) is 0.308. The van der Waals surface area contributed by atoms with Crippen LogP contribution in [0.1, 0.15) is 10.4 Å². The van der Waals surface area contributed by atoms with E-state index in [-0.39, 0.29) is 23.7 Å². The Morgan fingerprint density at radius 2 is 2.00 bits per heavy atom. The van der Waals surface area contributed by atoms with Gasteiger partial charge in [-0.25, -0.2) is 9.59 Å². The van der Waals surface area contributed by atoms with Crippen molar-refractivity contribution in [3.8, 4) is 5.75 Å². The predicted octanol–water partition coefficient (Wildman–Crippen LogP) is 0.603. The molecule has 8 heteroatoms. The summed E-state index contributed by atoms with van der Waals surface area (Å²) in [7, 11) is 4.31. The third kappa shape index (κ3) is 4.37. The minimum atomic E-state index is -1.12. The van der Waals surface area contributed by atoms with Crippen molar-refractivity contribution in [2.75, 3.05) is 33.1 Å². The van der Waals surface area contributed by atoms with Crippen molar-refractivity contribution in [1.82, 2.24) is 10.2 Å². The number of amides is 3. The summed E-state index contributed by atoms with van der Waals surface area (Å²) in [5.41, 5.74) is 0.228. The molecule has 0 aliphatic carbocycles. The standard InChI is InChI=1S/C13H17N3O5/c1-14-11(17)7-16(2)13(20)15-9-6-8(12(18)19)4-5-10(9)21-3/h4-6H,7H2,1-3H3,(H,14,17)(H,15,20)(H,18,19). The number of carbonyl (C=O) groups is 3. The van der Waals surface area contributed by atoms with Crippen molar-refractivity contribution in [3.63, 3.8) is 0 Å².